The predicted octanol–water partition coefficient (Wildman–Crippen LogP) is -1.93. The maximum Gasteiger partial charge on any atom is 0.488 e. The van der Waals surface area contributed by atoms with Gasteiger partial charge in [-0.05, 0) is 0 Å². The maximum absolute atomic E-state index is 11.0. The van der Waals surface area contributed by atoms with E-state index in [9.17, 15) is 45.4 Å². The summed E-state index contributed by atoms with van der Waals surface area (Å²) in [5, 5.41) is 48.1. The summed E-state index contributed by atoms with van der Waals surface area (Å²) in [4.78, 5) is 49.3. The lowest BCUT2D eigenvalue weighted by atomic mass is 10.1. The van der Waals surface area contributed by atoms with E-state index >= 15 is 0 Å². The summed E-state index contributed by atoms with van der Waals surface area (Å²) in [7, 11) is 0. The Bertz CT molecular complexity index is 465. The van der Waals surface area contributed by atoms with E-state index in [4.69, 9.17) is 0 Å². The molecule has 1 rings (SSSR count). The van der Waals surface area contributed by atoms with Crippen LogP contribution in [0.5, 0.6) is 0 Å². The fraction of sp³-hybridized carbons (Fsp3) is 1.00. The van der Waals surface area contributed by atoms with Gasteiger partial charge >= 0.3 is 11.3 Å². The minimum Gasteiger partial charge on any atom is -0.291 e. The monoisotopic (exact) mass is 323 g/mol. The van der Waals surface area contributed by atoms with Crippen LogP contribution < -0.4 is 5.32 Å². The van der Waals surface area contributed by atoms with Gasteiger partial charge in [-0.3, -0.25) is 45.8 Å². The van der Waals surface area contributed by atoms with Crippen molar-refractivity contribution in [1.29, 1.82) is 0 Å². The average molecular weight is 323 g/mol. The van der Waals surface area contributed by atoms with Crippen molar-refractivity contribution in [2.45, 2.75) is 11.3 Å². The molecule has 1 aliphatic rings. The molecule has 0 spiro atoms. The topological polar surface area (TPSA) is 217 Å². The molecule has 22 heavy (non-hydrogen) atoms. The van der Waals surface area contributed by atoms with E-state index in [2.05, 4.69) is 5.29 Å². The van der Waals surface area contributed by atoms with Crippen molar-refractivity contribution in [3.05, 3.63) is 45.4 Å². The van der Waals surface area contributed by atoms with Crippen LogP contribution in [0.15, 0.2) is 5.29 Å². The molecule has 16 nitrogen and oxygen atoms in total. The number of nitro groups is 4. The van der Waals surface area contributed by atoms with Crippen LogP contribution in [-0.2, 0) is 0 Å². The summed E-state index contributed by atoms with van der Waals surface area (Å²) < 4.78 is 0. The smallest absolute Gasteiger partial charge is 0.291 e. The van der Waals surface area contributed by atoms with Gasteiger partial charge in [0, 0.05) is 0 Å². The first kappa shape index (κ1) is 17.0. The highest BCUT2D eigenvalue weighted by Crippen LogP contribution is 2.21. The van der Waals surface area contributed by atoms with Crippen LogP contribution in [0.1, 0.15) is 0 Å². The van der Waals surface area contributed by atoms with E-state index in [0.29, 0.717) is 0 Å². The van der Waals surface area contributed by atoms with Gasteiger partial charge in [-0.25, -0.2) is 5.01 Å². The van der Waals surface area contributed by atoms with Crippen molar-refractivity contribution in [2.24, 2.45) is 5.29 Å². The minimum absolute atomic E-state index is 0.0536. The van der Waals surface area contributed by atoms with Gasteiger partial charge < -0.3 is 0 Å². The highest BCUT2D eigenvalue weighted by Gasteiger charge is 2.65. The van der Waals surface area contributed by atoms with E-state index < -0.39 is 57.2 Å². The summed E-state index contributed by atoms with van der Waals surface area (Å²) in [6, 6.07) is 0. The van der Waals surface area contributed by atoms with E-state index in [1.54, 1.807) is 0 Å². The second-order valence-corrected chi connectivity index (χ2v) is 4.50. The Labute approximate surface area is 119 Å². The minimum atomic E-state index is -2.91. The third-order valence-electron chi connectivity index (χ3n) is 3.16. The van der Waals surface area contributed by atoms with Crippen LogP contribution >= 0.6 is 0 Å². The number of rotatable bonds is 5. The van der Waals surface area contributed by atoms with Gasteiger partial charge in [-0.2, -0.15) is 0 Å². The number of nitrogens with zero attached hydrogens (tertiary/aromatic N) is 6. The average Bonchev–Trinajstić information content (AvgIpc) is 2.37. The van der Waals surface area contributed by atoms with Crippen LogP contribution in [0.25, 0.3) is 0 Å². The number of hydrogen-bond donors (Lipinski definition) is 1. The molecule has 0 amide bonds. The van der Waals surface area contributed by atoms with Gasteiger partial charge in [0.15, 0.2) is 13.1 Å². The van der Waals surface area contributed by atoms with Crippen molar-refractivity contribution in [1.82, 2.24) is 10.3 Å². The molecule has 1 aliphatic heterocycles. The lowest BCUT2D eigenvalue weighted by molar-refractivity contribution is -0.806. The molecule has 0 aliphatic carbocycles. The maximum atomic E-state index is 11.0. The Balaban J connectivity index is 3.27. The lowest BCUT2D eigenvalue weighted by Gasteiger charge is -2.28. The number of hydrogen-bond acceptors (Lipinski definition) is 11. The molecule has 122 valence electrons. The summed E-state index contributed by atoms with van der Waals surface area (Å²) in [5.74, 6) is 0. The quantitative estimate of drug-likeness (QED) is 0.254. The Morgan fingerprint density at radius 3 is 1.36 bits per heavy atom. The molecule has 0 radical (unpaired) electrons. The lowest BCUT2D eigenvalue weighted by Crippen LogP contribution is -2.68. The van der Waals surface area contributed by atoms with E-state index in [-0.39, 0.29) is 5.01 Å². The fourth-order valence-electron chi connectivity index (χ4n) is 1.90. The summed E-state index contributed by atoms with van der Waals surface area (Å²) in [5.41, 5.74) is -5.82. The zero-order chi connectivity index (χ0) is 17.1. The molecule has 0 saturated carbocycles. The molecule has 1 saturated heterocycles. The molecule has 1 N–H and O–H groups in total. The SMILES string of the molecule is O=NN1CC([N+](=O)[O-])([N+](=O)[O-])CNCC([N+](=O)[O-])([N+](=O)[O-])C1. The third-order valence-corrected chi connectivity index (χ3v) is 3.16. The highest BCUT2D eigenvalue weighted by molar-refractivity contribution is 4.84. The zero-order valence-electron chi connectivity index (χ0n) is 10.7. The van der Waals surface area contributed by atoms with Crippen molar-refractivity contribution in [3.63, 3.8) is 0 Å². The second kappa shape index (κ2) is 5.76. The van der Waals surface area contributed by atoms with E-state index in [0.717, 1.165) is 0 Å². The van der Waals surface area contributed by atoms with Crippen molar-refractivity contribution in [3.8, 4) is 0 Å². The second-order valence-electron chi connectivity index (χ2n) is 4.50. The van der Waals surface area contributed by atoms with Gasteiger partial charge in [0.1, 0.15) is 32.8 Å². The summed E-state index contributed by atoms with van der Waals surface area (Å²) in [6.45, 7) is -4.62. The molecule has 16 heteroatoms. The van der Waals surface area contributed by atoms with Crippen LogP contribution in [0.3, 0.4) is 0 Å². The predicted molar refractivity (Wildman–Crippen MR) is 63.7 cm³/mol. The molecular formula is C6H9N7O9. The first-order valence-corrected chi connectivity index (χ1v) is 5.49. The van der Waals surface area contributed by atoms with Crippen LogP contribution in [0.4, 0.5) is 0 Å². The summed E-state index contributed by atoms with van der Waals surface area (Å²) >= 11 is 0. The number of nitroso groups, excluding NO2 is 1. The Kier molecular flexibility index (Phi) is 4.45. The fourth-order valence-corrected chi connectivity index (χ4v) is 1.90. The van der Waals surface area contributed by atoms with Crippen LogP contribution in [0.2, 0.25) is 0 Å². The summed E-state index contributed by atoms with van der Waals surface area (Å²) in [6.07, 6.45) is 0. The first-order valence-electron chi connectivity index (χ1n) is 5.49. The molecule has 0 aromatic carbocycles. The van der Waals surface area contributed by atoms with Gasteiger partial charge in [0.25, 0.3) is 0 Å². The third kappa shape index (κ3) is 2.57. The van der Waals surface area contributed by atoms with Gasteiger partial charge in [0.05, 0.1) is 5.29 Å². The Morgan fingerprint density at radius 2 is 1.14 bits per heavy atom. The molecule has 1 fully saturated rings. The standard InChI is InChI=1S/C6H9N7O9/c14-8-9-3-5(10(15)16,11(17)18)1-7-2-6(4-9,12(19)20)13(21)22/h7H,1-4H2. The normalized spacial score (nSPS) is 20.3. The molecule has 0 aromatic rings. The highest BCUT2D eigenvalue weighted by atomic mass is 16.7. The van der Waals surface area contributed by atoms with Crippen molar-refractivity contribution in [2.75, 3.05) is 26.2 Å². The Hall–Kier alpha value is -3.04. The Morgan fingerprint density at radius 1 is 0.818 bits per heavy atom. The van der Waals surface area contributed by atoms with Crippen LogP contribution in [0, 0.1) is 45.4 Å². The molecular weight excluding hydrogens is 314 g/mol. The molecule has 1 heterocycles. The molecule has 0 atom stereocenters. The number of nitrogens with one attached hydrogen (secondary N) is 1. The largest absolute Gasteiger partial charge is 0.488 e. The van der Waals surface area contributed by atoms with Gasteiger partial charge in [0.2, 0.25) is 0 Å². The van der Waals surface area contributed by atoms with Crippen molar-refractivity contribution < 1.29 is 19.7 Å². The molecule has 0 unspecified atom stereocenters. The van der Waals surface area contributed by atoms with E-state index in [1.165, 1.54) is 0 Å². The van der Waals surface area contributed by atoms with Gasteiger partial charge in [-0.15, -0.1) is 4.91 Å². The van der Waals surface area contributed by atoms with E-state index in [1.807, 2.05) is 5.32 Å². The van der Waals surface area contributed by atoms with Crippen LogP contribution in [-0.4, -0.2) is 62.2 Å². The van der Waals surface area contributed by atoms with Gasteiger partial charge in [-0.1, -0.05) is 0 Å². The zero-order valence-corrected chi connectivity index (χ0v) is 10.7. The van der Waals surface area contributed by atoms with Crippen molar-refractivity contribution >= 4 is 0 Å². The molecule has 0 aromatic heterocycles. The molecule has 0 bridgehead atoms. The first-order chi connectivity index (χ1) is 10.1.